The maximum atomic E-state index is 12.7. The van der Waals surface area contributed by atoms with Crippen molar-refractivity contribution in [3.05, 3.63) is 71.3 Å². The van der Waals surface area contributed by atoms with Crippen LogP contribution in [0.3, 0.4) is 0 Å². The van der Waals surface area contributed by atoms with Crippen molar-refractivity contribution in [1.29, 1.82) is 0 Å². The molecule has 6 heteroatoms. The molecule has 1 saturated heterocycles. The standard InChI is InChI=1S/C19H22N4O2/c20-17-12-23(11-16(17)14-4-2-1-3-5-14)18(24)15-8-6-13(7-9-15)10-22-19(21)25/h1-9,16-17H,10-12,20H2,(H3,21,22,25)/t16-,17+/m0/s1. The molecule has 0 aromatic heterocycles. The van der Waals surface area contributed by atoms with Gasteiger partial charge in [0.05, 0.1) is 0 Å². The number of urea groups is 1. The molecule has 130 valence electrons. The second kappa shape index (κ2) is 7.36. The molecule has 3 rings (SSSR count). The van der Waals surface area contributed by atoms with E-state index in [0.717, 1.165) is 11.1 Å². The molecule has 25 heavy (non-hydrogen) atoms. The van der Waals surface area contributed by atoms with Gasteiger partial charge in [-0.05, 0) is 23.3 Å². The number of hydrogen-bond donors (Lipinski definition) is 3. The minimum Gasteiger partial charge on any atom is -0.352 e. The van der Waals surface area contributed by atoms with Crippen LogP contribution in [0.5, 0.6) is 0 Å². The van der Waals surface area contributed by atoms with Crippen LogP contribution in [0.2, 0.25) is 0 Å². The van der Waals surface area contributed by atoms with Crippen LogP contribution in [0.1, 0.15) is 27.4 Å². The Labute approximate surface area is 146 Å². The zero-order valence-corrected chi connectivity index (χ0v) is 13.9. The van der Waals surface area contributed by atoms with Crippen LogP contribution in [0.4, 0.5) is 4.79 Å². The summed E-state index contributed by atoms with van der Waals surface area (Å²) >= 11 is 0. The van der Waals surface area contributed by atoms with Crippen molar-refractivity contribution in [2.45, 2.75) is 18.5 Å². The molecule has 1 fully saturated rings. The second-order valence-electron chi connectivity index (χ2n) is 6.31. The van der Waals surface area contributed by atoms with E-state index in [0.29, 0.717) is 25.2 Å². The molecule has 5 N–H and O–H groups in total. The SMILES string of the molecule is NC(=O)NCc1ccc(C(=O)N2C[C@@H](N)[C@H](c3ccccc3)C2)cc1. The molecule has 2 aromatic rings. The molecule has 0 bridgehead atoms. The van der Waals surface area contributed by atoms with Gasteiger partial charge in [0.2, 0.25) is 0 Å². The minimum atomic E-state index is -0.571. The summed E-state index contributed by atoms with van der Waals surface area (Å²) in [7, 11) is 0. The number of primary amides is 1. The average Bonchev–Trinajstić information content (AvgIpc) is 3.02. The van der Waals surface area contributed by atoms with Crippen molar-refractivity contribution in [1.82, 2.24) is 10.2 Å². The van der Waals surface area contributed by atoms with Crippen molar-refractivity contribution < 1.29 is 9.59 Å². The summed E-state index contributed by atoms with van der Waals surface area (Å²) in [4.78, 5) is 25.3. The van der Waals surface area contributed by atoms with Gasteiger partial charge in [-0.25, -0.2) is 4.79 Å². The van der Waals surface area contributed by atoms with Gasteiger partial charge in [-0.1, -0.05) is 42.5 Å². The molecule has 6 nitrogen and oxygen atoms in total. The van der Waals surface area contributed by atoms with Crippen LogP contribution >= 0.6 is 0 Å². The topological polar surface area (TPSA) is 101 Å². The summed E-state index contributed by atoms with van der Waals surface area (Å²) in [5.74, 6) is 0.132. The van der Waals surface area contributed by atoms with Crippen molar-refractivity contribution in [3.63, 3.8) is 0 Å². The highest BCUT2D eigenvalue weighted by Gasteiger charge is 2.34. The fourth-order valence-corrected chi connectivity index (χ4v) is 3.18. The Balaban J connectivity index is 1.66. The van der Waals surface area contributed by atoms with Crippen LogP contribution in [-0.4, -0.2) is 36.0 Å². The van der Waals surface area contributed by atoms with E-state index in [-0.39, 0.29) is 17.9 Å². The third-order valence-electron chi connectivity index (χ3n) is 4.55. The third-order valence-corrected chi connectivity index (χ3v) is 4.55. The summed E-state index contributed by atoms with van der Waals surface area (Å²) in [6.45, 7) is 1.51. The highest BCUT2D eigenvalue weighted by Crippen LogP contribution is 2.27. The van der Waals surface area contributed by atoms with Gasteiger partial charge in [0.15, 0.2) is 0 Å². The lowest BCUT2D eigenvalue weighted by Crippen LogP contribution is -2.32. The van der Waals surface area contributed by atoms with E-state index in [1.807, 2.05) is 30.3 Å². The molecule has 0 radical (unpaired) electrons. The van der Waals surface area contributed by atoms with E-state index in [1.165, 1.54) is 0 Å². The summed E-state index contributed by atoms with van der Waals surface area (Å²) in [6.07, 6.45) is 0. The van der Waals surface area contributed by atoms with Crippen molar-refractivity contribution in [3.8, 4) is 0 Å². The summed E-state index contributed by atoms with van der Waals surface area (Å²) in [6, 6.07) is 16.6. The van der Waals surface area contributed by atoms with E-state index in [4.69, 9.17) is 11.5 Å². The van der Waals surface area contributed by atoms with Crippen molar-refractivity contribution in [2.24, 2.45) is 11.5 Å². The molecule has 0 unspecified atom stereocenters. The fraction of sp³-hybridized carbons (Fsp3) is 0.263. The zero-order chi connectivity index (χ0) is 17.8. The van der Waals surface area contributed by atoms with Gasteiger partial charge < -0.3 is 21.7 Å². The van der Waals surface area contributed by atoms with Crippen LogP contribution in [-0.2, 0) is 6.54 Å². The summed E-state index contributed by atoms with van der Waals surface area (Å²) < 4.78 is 0. The van der Waals surface area contributed by atoms with Crippen LogP contribution in [0.15, 0.2) is 54.6 Å². The Hall–Kier alpha value is -2.86. The quantitative estimate of drug-likeness (QED) is 0.786. The first-order valence-electron chi connectivity index (χ1n) is 8.26. The lowest BCUT2D eigenvalue weighted by Gasteiger charge is -2.17. The Morgan fingerprint density at radius 1 is 1.04 bits per heavy atom. The maximum Gasteiger partial charge on any atom is 0.312 e. The smallest absolute Gasteiger partial charge is 0.312 e. The van der Waals surface area contributed by atoms with Gasteiger partial charge in [-0.15, -0.1) is 0 Å². The Kier molecular flexibility index (Phi) is 5.00. The molecule has 0 spiro atoms. The molecule has 0 aliphatic carbocycles. The first kappa shape index (κ1) is 17.0. The van der Waals surface area contributed by atoms with Gasteiger partial charge in [-0.3, -0.25) is 4.79 Å². The second-order valence-corrected chi connectivity index (χ2v) is 6.31. The number of amides is 3. The van der Waals surface area contributed by atoms with Crippen LogP contribution in [0, 0.1) is 0 Å². The van der Waals surface area contributed by atoms with Crippen molar-refractivity contribution in [2.75, 3.05) is 13.1 Å². The first-order chi connectivity index (χ1) is 12.0. The summed E-state index contributed by atoms with van der Waals surface area (Å²) in [5.41, 5.74) is 14.0. The number of nitrogens with one attached hydrogen (secondary N) is 1. The third kappa shape index (κ3) is 3.97. The highest BCUT2D eigenvalue weighted by molar-refractivity contribution is 5.94. The number of benzene rings is 2. The Bertz CT molecular complexity index is 746. The molecular formula is C19H22N4O2. The van der Waals surface area contributed by atoms with E-state index in [2.05, 4.69) is 17.4 Å². The molecule has 1 aliphatic rings. The Morgan fingerprint density at radius 2 is 1.72 bits per heavy atom. The predicted octanol–water partition coefficient (Wildman–Crippen LogP) is 1.42. The normalized spacial score (nSPS) is 19.6. The van der Waals surface area contributed by atoms with Crippen LogP contribution < -0.4 is 16.8 Å². The number of nitrogens with zero attached hydrogens (tertiary/aromatic N) is 1. The summed E-state index contributed by atoms with van der Waals surface area (Å²) in [5, 5.41) is 2.52. The van der Waals surface area contributed by atoms with Gasteiger partial charge in [-0.2, -0.15) is 0 Å². The maximum absolute atomic E-state index is 12.7. The largest absolute Gasteiger partial charge is 0.352 e. The van der Waals surface area contributed by atoms with E-state index in [9.17, 15) is 9.59 Å². The van der Waals surface area contributed by atoms with Gasteiger partial charge in [0.25, 0.3) is 5.91 Å². The first-order valence-corrected chi connectivity index (χ1v) is 8.26. The van der Waals surface area contributed by atoms with Gasteiger partial charge >= 0.3 is 6.03 Å². The lowest BCUT2D eigenvalue weighted by atomic mass is 9.95. The van der Waals surface area contributed by atoms with Gasteiger partial charge in [0.1, 0.15) is 0 Å². The molecule has 1 aliphatic heterocycles. The molecule has 2 aromatic carbocycles. The number of likely N-dealkylation sites (tertiary alicyclic amines) is 1. The minimum absolute atomic E-state index is 0.0247. The predicted molar refractivity (Wildman–Crippen MR) is 95.9 cm³/mol. The zero-order valence-electron chi connectivity index (χ0n) is 13.9. The van der Waals surface area contributed by atoms with E-state index < -0.39 is 6.03 Å². The highest BCUT2D eigenvalue weighted by atomic mass is 16.2. The fourth-order valence-electron chi connectivity index (χ4n) is 3.18. The number of hydrogen-bond acceptors (Lipinski definition) is 3. The average molecular weight is 338 g/mol. The molecular weight excluding hydrogens is 316 g/mol. The van der Waals surface area contributed by atoms with Gasteiger partial charge in [0, 0.05) is 37.2 Å². The number of carbonyl (C=O) groups excluding carboxylic acids is 2. The molecule has 1 heterocycles. The molecule has 3 amide bonds. The molecule has 0 saturated carbocycles. The number of nitrogens with two attached hydrogens (primary N) is 2. The Morgan fingerprint density at radius 3 is 2.36 bits per heavy atom. The molecule has 2 atom stereocenters. The number of carbonyl (C=O) groups is 2. The lowest BCUT2D eigenvalue weighted by molar-refractivity contribution is 0.0789. The van der Waals surface area contributed by atoms with E-state index >= 15 is 0 Å². The van der Waals surface area contributed by atoms with Crippen molar-refractivity contribution >= 4 is 11.9 Å². The monoisotopic (exact) mass is 338 g/mol. The van der Waals surface area contributed by atoms with Crippen LogP contribution in [0.25, 0.3) is 0 Å². The number of rotatable bonds is 4. The van der Waals surface area contributed by atoms with E-state index in [1.54, 1.807) is 17.0 Å².